The lowest BCUT2D eigenvalue weighted by molar-refractivity contribution is -0.127. The summed E-state index contributed by atoms with van der Waals surface area (Å²) in [7, 11) is 0. The molecule has 0 saturated carbocycles. The van der Waals surface area contributed by atoms with Crippen molar-refractivity contribution in [1.82, 2.24) is 15.1 Å². The number of amides is 3. The number of nitrogens with one attached hydrogen (secondary N) is 1. The van der Waals surface area contributed by atoms with Crippen molar-refractivity contribution in [2.75, 3.05) is 13.1 Å². The molecule has 0 aromatic heterocycles. The van der Waals surface area contributed by atoms with E-state index >= 15 is 0 Å². The van der Waals surface area contributed by atoms with Gasteiger partial charge in [0.1, 0.15) is 12.4 Å². The number of hydrogen-bond donors (Lipinski definition) is 1. The van der Waals surface area contributed by atoms with Crippen LogP contribution in [0.2, 0.25) is 0 Å². The Kier molecular flexibility index (Phi) is 5.80. The van der Waals surface area contributed by atoms with Crippen LogP contribution >= 0.6 is 0 Å². The van der Waals surface area contributed by atoms with E-state index in [-0.39, 0.29) is 18.0 Å². The minimum atomic E-state index is -0.514. The number of ether oxygens (including phenoxy) is 1. The molecule has 1 atom stereocenters. The molecule has 2 aliphatic heterocycles. The number of nitrogens with zero attached hydrogens (tertiary/aromatic N) is 2. The van der Waals surface area contributed by atoms with Crippen molar-refractivity contribution >= 4 is 11.9 Å². The van der Waals surface area contributed by atoms with E-state index in [1.54, 1.807) is 15.9 Å². The van der Waals surface area contributed by atoms with Gasteiger partial charge in [0.2, 0.25) is 0 Å². The topological polar surface area (TPSA) is 61.9 Å². The van der Waals surface area contributed by atoms with Gasteiger partial charge in [0, 0.05) is 12.6 Å². The van der Waals surface area contributed by atoms with E-state index in [0.717, 1.165) is 16.8 Å². The number of carbonyl (C=O) groups excluding carboxylic acids is 2. The van der Waals surface area contributed by atoms with Gasteiger partial charge < -0.3 is 15.0 Å². The summed E-state index contributed by atoms with van der Waals surface area (Å²) in [5, 5.41) is 3.01. The average molecular weight is 418 g/mol. The predicted octanol–water partition coefficient (Wildman–Crippen LogP) is 4.02. The van der Waals surface area contributed by atoms with Crippen molar-refractivity contribution in [2.45, 2.75) is 32.5 Å². The molecule has 31 heavy (non-hydrogen) atoms. The van der Waals surface area contributed by atoms with E-state index in [1.165, 1.54) is 0 Å². The molecule has 3 amide bonds. The Morgan fingerprint density at radius 2 is 1.94 bits per heavy atom. The number of carbonyl (C=O) groups is 2. The van der Waals surface area contributed by atoms with Gasteiger partial charge in [-0.25, -0.2) is 4.79 Å². The lowest BCUT2D eigenvalue weighted by Gasteiger charge is -2.33. The normalized spacial score (nSPS) is 18.4. The minimum Gasteiger partial charge on any atom is -0.489 e. The summed E-state index contributed by atoms with van der Waals surface area (Å²) >= 11 is 0. The summed E-state index contributed by atoms with van der Waals surface area (Å²) < 4.78 is 5.96. The van der Waals surface area contributed by atoms with Crippen LogP contribution in [0.25, 0.3) is 0 Å². The summed E-state index contributed by atoms with van der Waals surface area (Å²) in [5.41, 5.74) is 3.27. The van der Waals surface area contributed by atoms with E-state index < -0.39 is 6.04 Å². The van der Waals surface area contributed by atoms with Crippen LogP contribution in [0.4, 0.5) is 4.79 Å². The van der Waals surface area contributed by atoms with Crippen LogP contribution < -0.4 is 10.1 Å². The molecule has 0 fully saturated rings. The van der Waals surface area contributed by atoms with Crippen molar-refractivity contribution in [3.05, 3.63) is 89.6 Å². The SMILES string of the molecule is C=CCN1C(=O)NC(c2cccc(OCc3ccccc3)c2)C2=C1CN(C(C)C)C2=O. The molecular formula is C25H27N3O3. The molecule has 6 nitrogen and oxygen atoms in total. The third-order valence-electron chi connectivity index (χ3n) is 5.62. The van der Waals surface area contributed by atoms with Gasteiger partial charge in [0.05, 0.1) is 23.9 Å². The third kappa shape index (κ3) is 4.06. The quantitative estimate of drug-likeness (QED) is 0.692. The summed E-state index contributed by atoms with van der Waals surface area (Å²) in [4.78, 5) is 29.5. The number of urea groups is 1. The Morgan fingerprint density at radius 1 is 1.16 bits per heavy atom. The molecule has 2 heterocycles. The maximum Gasteiger partial charge on any atom is 0.322 e. The van der Waals surface area contributed by atoms with Crippen LogP contribution in [-0.4, -0.2) is 40.9 Å². The van der Waals surface area contributed by atoms with Gasteiger partial charge in [-0.3, -0.25) is 9.69 Å². The standard InChI is InChI=1S/C25H27N3O3/c1-4-13-27-21-15-28(17(2)3)24(29)22(21)23(26-25(27)30)19-11-8-12-20(14-19)31-16-18-9-6-5-7-10-18/h4-12,14,17,23H,1,13,15-16H2,2-3H3,(H,26,30). The highest BCUT2D eigenvalue weighted by Gasteiger charge is 2.44. The summed E-state index contributed by atoms with van der Waals surface area (Å²) in [6.45, 7) is 8.95. The monoisotopic (exact) mass is 417 g/mol. The summed E-state index contributed by atoms with van der Waals surface area (Å²) in [6.07, 6.45) is 1.67. The van der Waals surface area contributed by atoms with E-state index in [0.29, 0.717) is 31.0 Å². The molecule has 4 rings (SSSR count). The first kappa shape index (κ1) is 20.7. The van der Waals surface area contributed by atoms with Gasteiger partial charge in [0.15, 0.2) is 0 Å². The van der Waals surface area contributed by atoms with Gasteiger partial charge >= 0.3 is 6.03 Å². The van der Waals surface area contributed by atoms with Gasteiger partial charge in [-0.1, -0.05) is 48.5 Å². The number of benzene rings is 2. The highest BCUT2D eigenvalue weighted by Crippen LogP contribution is 2.37. The third-order valence-corrected chi connectivity index (χ3v) is 5.62. The second-order valence-corrected chi connectivity index (χ2v) is 8.02. The van der Waals surface area contributed by atoms with Crippen LogP contribution in [0, 0.1) is 0 Å². The molecule has 0 bridgehead atoms. The lowest BCUT2D eigenvalue weighted by atomic mass is 9.95. The summed E-state index contributed by atoms with van der Waals surface area (Å²) in [5.74, 6) is 0.650. The number of rotatable bonds is 7. The van der Waals surface area contributed by atoms with Gasteiger partial charge in [-0.2, -0.15) is 0 Å². The van der Waals surface area contributed by atoms with Gasteiger partial charge in [0.25, 0.3) is 5.91 Å². The molecule has 0 saturated heterocycles. The number of hydrogen-bond acceptors (Lipinski definition) is 3. The largest absolute Gasteiger partial charge is 0.489 e. The first-order valence-electron chi connectivity index (χ1n) is 10.5. The average Bonchev–Trinajstić information content (AvgIpc) is 3.12. The highest BCUT2D eigenvalue weighted by atomic mass is 16.5. The Morgan fingerprint density at radius 3 is 2.65 bits per heavy atom. The van der Waals surface area contributed by atoms with Crippen LogP contribution in [0.3, 0.4) is 0 Å². The van der Waals surface area contributed by atoms with Crippen LogP contribution in [0.1, 0.15) is 31.0 Å². The van der Waals surface area contributed by atoms with Crippen molar-refractivity contribution in [2.24, 2.45) is 0 Å². The molecule has 160 valence electrons. The van der Waals surface area contributed by atoms with Crippen LogP contribution in [0.5, 0.6) is 5.75 Å². The first-order valence-corrected chi connectivity index (χ1v) is 10.5. The maximum absolute atomic E-state index is 13.3. The lowest BCUT2D eigenvalue weighted by Crippen LogP contribution is -2.47. The highest BCUT2D eigenvalue weighted by molar-refractivity contribution is 6.01. The molecule has 0 aliphatic carbocycles. The van der Waals surface area contributed by atoms with Crippen molar-refractivity contribution in [3.8, 4) is 5.75 Å². The first-order chi connectivity index (χ1) is 15.0. The molecule has 6 heteroatoms. The Bertz CT molecular complexity index is 1030. The smallest absolute Gasteiger partial charge is 0.322 e. The fraction of sp³-hybridized carbons (Fsp3) is 0.280. The molecule has 1 unspecified atom stereocenters. The molecular weight excluding hydrogens is 390 g/mol. The van der Waals surface area contributed by atoms with Gasteiger partial charge in [-0.15, -0.1) is 6.58 Å². The molecule has 2 aromatic rings. The molecule has 0 radical (unpaired) electrons. The molecule has 2 aromatic carbocycles. The maximum atomic E-state index is 13.3. The molecule has 0 spiro atoms. The zero-order valence-corrected chi connectivity index (χ0v) is 17.9. The van der Waals surface area contributed by atoms with Crippen LogP contribution in [-0.2, 0) is 11.4 Å². The predicted molar refractivity (Wildman–Crippen MR) is 119 cm³/mol. The van der Waals surface area contributed by atoms with Crippen LogP contribution in [0.15, 0.2) is 78.5 Å². The Hall–Kier alpha value is -3.54. The van der Waals surface area contributed by atoms with Gasteiger partial charge in [-0.05, 0) is 37.1 Å². The second-order valence-electron chi connectivity index (χ2n) is 8.02. The zero-order chi connectivity index (χ0) is 22.0. The van der Waals surface area contributed by atoms with E-state index in [9.17, 15) is 9.59 Å². The Labute approximate surface area is 182 Å². The fourth-order valence-electron chi connectivity index (χ4n) is 4.03. The minimum absolute atomic E-state index is 0.0416. The van der Waals surface area contributed by atoms with Crippen molar-refractivity contribution in [1.29, 1.82) is 0 Å². The molecule has 1 N–H and O–H groups in total. The second kappa shape index (κ2) is 8.68. The zero-order valence-electron chi connectivity index (χ0n) is 17.9. The Balaban J connectivity index is 1.64. The fourth-order valence-corrected chi connectivity index (χ4v) is 4.03. The van der Waals surface area contributed by atoms with Crippen molar-refractivity contribution < 1.29 is 14.3 Å². The van der Waals surface area contributed by atoms with E-state index in [1.807, 2.05) is 68.4 Å². The van der Waals surface area contributed by atoms with E-state index in [4.69, 9.17) is 4.74 Å². The molecule has 2 aliphatic rings. The van der Waals surface area contributed by atoms with Crippen molar-refractivity contribution in [3.63, 3.8) is 0 Å². The summed E-state index contributed by atoms with van der Waals surface area (Å²) in [6, 6.07) is 16.8. The van der Waals surface area contributed by atoms with E-state index in [2.05, 4.69) is 11.9 Å².